The van der Waals surface area contributed by atoms with Crippen LogP contribution in [0, 0.1) is 0 Å². The van der Waals surface area contributed by atoms with Gasteiger partial charge in [-0.3, -0.25) is 4.79 Å². The van der Waals surface area contributed by atoms with Crippen LogP contribution in [0.1, 0.15) is 6.92 Å². The van der Waals surface area contributed by atoms with Crippen molar-refractivity contribution in [2.75, 3.05) is 0 Å². The molecule has 0 radical (unpaired) electrons. The van der Waals surface area contributed by atoms with Crippen molar-refractivity contribution in [1.82, 2.24) is 0 Å². The quantitative estimate of drug-likeness (QED) is 0.393. The third-order valence-electron chi connectivity index (χ3n) is 0. The third kappa shape index (κ3) is 464. The van der Waals surface area contributed by atoms with Crippen LogP contribution in [0.2, 0.25) is 9.88 Å². The monoisotopic (exact) mass is 276 g/mol. The Hall–Kier alpha value is 0.969. The second-order valence-electron chi connectivity index (χ2n) is 1.02. The smallest absolute Gasteiger partial charge is 0.813 e. The van der Waals surface area contributed by atoms with Crippen molar-refractivity contribution in [2.24, 2.45) is 0 Å². The number of rotatable bonds is 0. The molecular weight excluding hydrogens is 263 g/mol. The number of hydrogen-bond donors (Lipinski definition) is 1. The largest absolute Gasteiger partial charge is 0.813 e. The van der Waals surface area contributed by atoms with Crippen molar-refractivity contribution >= 4 is 54.1 Å². The molecule has 0 heterocycles. The molecule has 0 saturated heterocycles. The molecule has 0 spiro atoms. The van der Waals surface area contributed by atoms with Gasteiger partial charge in [0.25, 0.3) is 5.97 Å². The summed E-state index contributed by atoms with van der Waals surface area (Å²) >= 11 is 0.230. The van der Waals surface area contributed by atoms with Gasteiger partial charge in [0.15, 0.2) is 0 Å². The van der Waals surface area contributed by atoms with Crippen molar-refractivity contribution in [1.29, 1.82) is 0 Å². The van der Waals surface area contributed by atoms with E-state index in [0.29, 0.717) is 0 Å². The van der Waals surface area contributed by atoms with Gasteiger partial charge in [-0.2, -0.15) is 0 Å². The van der Waals surface area contributed by atoms with Crippen molar-refractivity contribution in [3.8, 4) is 0 Å². The summed E-state index contributed by atoms with van der Waals surface area (Å²) in [5.74, 6) is -0.833. The SMILES string of the molecule is CC(=O)O.[CH3][Sn+2][CH3].[SH-].[SH-]. The van der Waals surface area contributed by atoms with E-state index in [2.05, 4.69) is 9.88 Å². The number of carbonyl (C=O) groups is 1. The van der Waals surface area contributed by atoms with E-state index in [1.165, 1.54) is 0 Å². The zero-order chi connectivity index (χ0) is 6.28. The normalized spacial score (nSPS) is 3.89. The van der Waals surface area contributed by atoms with E-state index >= 15 is 0 Å². The first-order valence-corrected chi connectivity index (χ1v) is 7.64. The van der Waals surface area contributed by atoms with E-state index in [4.69, 9.17) is 9.90 Å². The van der Waals surface area contributed by atoms with E-state index < -0.39 is 5.97 Å². The maximum atomic E-state index is 9.00. The van der Waals surface area contributed by atoms with Gasteiger partial charge in [0, 0.05) is 6.92 Å². The topological polar surface area (TPSA) is 37.3 Å². The summed E-state index contributed by atoms with van der Waals surface area (Å²) in [6, 6.07) is 0. The predicted molar refractivity (Wildman–Crippen MR) is 48.3 cm³/mol. The third-order valence-corrected chi connectivity index (χ3v) is 0. The minimum atomic E-state index is -0.833. The fraction of sp³-hybridized carbons (Fsp3) is 0.750. The Balaban J connectivity index is -0.0000000233. The van der Waals surface area contributed by atoms with Gasteiger partial charge in [-0.25, -0.2) is 0 Å². The van der Waals surface area contributed by atoms with Gasteiger partial charge < -0.3 is 32.1 Å². The van der Waals surface area contributed by atoms with E-state index in [9.17, 15) is 0 Å². The summed E-state index contributed by atoms with van der Waals surface area (Å²) in [5, 5.41) is 7.42. The first kappa shape index (κ1) is 22.5. The van der Waals surface area contributed by atoms with Gasteiger partial charge in [0.2, 0.25) is 0 Å². The number of carboxylic acid groups (broad SMARTS) is 1. The van der Waals surface area contributed by atoms with Crippen molar-refractivity contribution in [3.05, 3.63) is 0 Å². The first-order valence-electron chi connectivity index (χ1n) is 1.93. The molecule has 0 atom stereocenters. The van der Waals surface area contributed by atoms with E-state index in [1.54, 1.807) is 0 Å². The number of hydrogen-bond acceptors (Lipinski definition) is 3. The number of carboxylic acids is 1. The second kappa shape index (κ2) is 23.1. The summed E-state index contributed by atoms with van der Waals surface area (Å²) in [6.07, 6.45) is 0. The zero-order valence-corrected chi connectivity index (χ0v) is 10.4. The molecule has 1 N–H and O–H groups in total. The van der Waals surface area contributed by atoms with Crippen LogP contribution < -0.4 is 0 Å². The fourth-order valence-corrected chi connectivity index (χ4v) is 0. The average molecular weight is 275 g/mol. The van der Waals surface area contributed by atoms with E-state index in [0.717, 1.165) is 6.92 Å². The maximum absolute atomic E-state index is 9.00. The summed E-state index contributed by atoms with van der Waals surface area (Å²) in [4.78, 5) is 13.6. The molecule has 0 aliphatic rings. The second-order valence-corrected chi connectivity index (χ2v) is 3.87. The van der Waals surface area contributed by atoms with Crippen LogP contribution in [0.5, 0.6) is 0 Å². The van der Waals surface area contributed by atoms with Crippen LogP contribution in [0.3, 0.4) is 0 Å². The molecule has 0 aromatic carbocycles. The summed E-state index contributed by atoms with van der Waals surface area (Å²) in [7, 11) is 0. The van der Waals surface area contributed by atoms with Crippen LogP contribution >= 0.6 is 0 Å². The molecule has 0 fully saturated rings. The Morgan fingerprint density at radius 3 is 1.33 bits per heavy atom. The van der Waals surface area contributed by atoms with Gasteiger partial charge in [-0.05, 0) is 0 Å². The Morgan fingerprint density at radius 1 is 1.33 bits per heavy atom. The molecule has 9 heavy (non-hydrogen) atoms. The van der Waals surface area contributed by atoms with Gasteiger partial charge in [-0.15, -0.1) is 0 Å². The van der Waals surface area contributed by atoms with Crippen LogP contribution in [0.25, 0.3) is 0 Å². The summed E-state index contributed by atoms with van der Waals surface area (Å²) in [5.41, 5.74) is 0. The molecule has 0 saturated carbocycles. The summed E-state index contributed by atoms with van der Waals surface area (Å²) < 4.78 is 0. The fourth-order valence-electron chi connectivity index (χ4n) is 0. The molecular formula is C4H12O2S2Sn. The minimum Gasteiger partial charge on any atom is -0.813 e. The van der Waals surface area contributed by atoms with Gasteiger partial charge in [-0.1, -0.05) is 0 Å². The minimum absolute atomic E-state index is 0. The first-order chi connectivity index (χ1) is 3.15. The van der Waals surface area contributed by atoms with E-state index in [1.807, 2.05) is 0 Å². The predicted octanol–water partition coefficient (Wildman–Crippen LogP) is 0.337. The van der Waals surface area contributed by atoms with E-state index in [-0.39, 0.29) is 48.1 Å². The molecule has 0 bridgehead atoms. The Labute approximate surface area is 80.5 Å². The molecule has 0 aromatic rings. The van der Waals surface area contributed by atoms with Crippen molar-refractivity contribution in [3.63, 3.8) is 0 Å². The Kier molecular flexibility index (Phi) is 57.7. The van der Waals surface area contributed by atoms with Crippen LogP contribution in [0.15, 0.2) is 0 Å². The molecule has 0 aliphatic heterocycles. The van der Waals surface area contributed by atoms with Crippen LogP contribution in [-0.4, -0.2) is 32.2 Å². The van der Waals surface area contributed by atoms with Crippen molar-refractivity contribution < 1.29 is 9.90 Å². The molecule has 56 valence electrons. The maximum Gasteiger partial charge on any atom is -0.813 e. The molecule has 5 heteroatoms. The van der Waals surface area contributed by atoms with Crippen LogP contribution in [0.4, 0.5) is 0 Å². The molecule has 2 nitrogen and oxygen atoms in total. The van der Waals surface area contributed by atoms with Gasteiger partial charge >= 0.3 is 31.0 Å². The Bertz CT molecular complexity index is 47.8. The number of thiol groups is 2. The number of aliphatic carboxylic acids is 1. The van der Waals surface area contributed by atoms with Gasteiger partial charge in [0.1, 0.15) is 0 Å². The molecule has 0 unspecified atom stereocenters. The van der Waals surface area contributed by atoms with Gasteiger partial charge in [0.05, 0.1) is 0 Å². The standard InChI is InChI=1S/C2H4O2.2CH3.2H2S.Sn/c1-2(3)4;;;;;/h1H3,(H,3,4);2*1H3;2*1H2;/q;;;;;+2/p-2. The molecule has 0 amide bonds. The zero-order valence-electron chi connectivity index (χ0n) is 5.75. The summed E-state index contributed by atoms with van der Waals surface area (Å²) in [6.45, 7) is 1.08. The molecule has 0 aromatic heterocycles. The van der Waals surface area contributed by atoms with Crippen molar-refractivity contribution in [2.45, 2.75) is 16.8 Å². The van der Waals surface area contributed by atoms with Crippen LogP contribution in [-0.2, 0) is 31.8 Å². The molecule has 0 aliphatic carbocycles. The Morgan fingerprint density at radius 2 is 1.33 bits per heavy atom. The average Bonchev–Trinajstić information content (AvgIpc) is 1.33. The molecule has 0 rings (SSSR count).